The van der Waals surface area contributed by atoms with Crippen molar-refractivity contribution in [2.45, 2.75) is 576 Å². The first-order valence-electron chi connectivity index (χ1n) is 64.4. The van der Waals surface area contributed by atoms with Gasteiger partial charge in [0.05, 0.1) is 0 Å². The fraction of sp³-hybridized carbons (Fsp3) is 1.00. The molecule has 0 spiro atoms. The molecule has 9 aliphatic rings. The van der Waals surface area contributed by atoms with Crippen LogP contribution in [-0.4, -0.2) is 431 Å². The summed E-state index contributed by atoms with van der Waals surface area (Å²) in [5.41, 5.74) is 0.466. The van der Waals surface area contributed by atoms with Crippen LogP contribution in [0.2, 0.25) is 0 Å². The third kappa shape index (κ3) is 63.5. The fourth-order valence-corrected chi connectivity index (χ4v) is 25.5. The zero-order chi connectivity index (χ0) is 113. The van der Waals surface area contributed by atoms with E-state index in [1.807, 2.05) is 0 Å². The summed E-state index contributed by atoms with van der Waals surface area (Å²) in [5, 5.41) is 0. The van der Waals surface area contributed by atoms with E-state index in [-0.39, 0.29) is 0 Å². The molecule has 888 valence electrons. The molecule has 0 bridgehead atoms. The molecule has 9 saturated heterocycles. The van der Waals surface area contributed by atoms with Crippen LogP contribution in [0.4, 0.5) is 0 Å². The molecule has 0 amide bonds. The normalized spacial score (nSPS) is 25.9. The first-order valence-corrected chi connectivity index (χ1v) is 64.4. The van der Waals surface area contributed by atoms with E-state index >= 15 is 0 Å². The first kappa shape index (κ1) is 145. The maximum atomic E-state index is 2.71. The van der Waals surface area contributed by atoms with Crippen molar-refractivity contribution >= 4 is 0 Å². The van der Waals surface area contributed by atoms with Gasteiger partial charge in [-0.25, -0.2) is 0 Å². The lowest BCUT2D eigenvalue weighted by Gasteiger charge is -2.46. The summed E-state index contributed by atoms with van der Waals surface area (Å²) in [6.45, 7) is 158. The van der Waals surface area contributed by atoms with E-state index in [2.05, 4.69) is 434 Å². The Hall–Kier alpha value is -0.720. The molecule has 12 atom stereocenters. The van der Waals surface area contributed by atoms with E-state index in [0.717, 1.165) is 89.5 Å². The third-order valence-corrected chi connectivity index (χ3v) is 34.5. The molecule has 18 nitrogen and oxygen atoms in total. The second kappa shape index (κ2) is 78.5. The zero-order valence-electron chi connectivity index (χ0n) is 111. The smallest absolute Gasteiger partial charge is 0.0200 e. The van der Waals surface area contributed by atoms with Crippen LogP contribution in [0.15, 0.2) is 0 Å². The Balaban J connectivity index is 0.000000833. The summed E-state index contributed by atoms with van der Waals surface area (Å²) in [6, 6.07) is 14.9. The molecule has 18 heteroatoms. The molecule has 0 unspecified atom stereocenters. The highest BCUT2D eigenvalue weighted by atomic mass is 15.4. The zero-order valence-corrected chi connectivity index (χ0v) is 111. The lowest BCUT2D eigenvalue weighted by molar-refractivity contribution is 0.0158. The first-order chi connectivity index (χ1) is 69.0. The van der Waals surface area contributed by atoms with Crippen molar-refractivity contribution in [2.75, 3.05) is 216 Å². The predicted molar refractivity (Wildman–Crippen MR) is 665 cm³/mol. The van der Waals surface area contributed by atoms with Crippen molar-refractivity contribution < 1.29 is 0 Å². The summed E-state index contributed by atoms with van der Waals surface area (Å²) in [7, 11) is 0. The van der Waals surface area contributed by atoms with Gasteiger partial charge < -0.3 is 19.6 Å². The molecular formula is C130H278N18. The minimum atomic E-state index is 0.466. The molecular weight excluding hydrogens is 1810 g/mol. The monoisotopic (exact) mass is 2090 g/mol. The standard InChI is InChI=1S/7C15H32N2.C13H28N2.C12H26N2/c1-13(2)11-15(5,6)12-16-7-9-17(10-8-16)14(3)4;4*1-12(2)8-7-9-16-10-15(6)17(13(3)4)11-14(16)5;1-12(2)8-7-9-17-14(5)10-16(13(3)4)11-15(17)6;1-12(2)8-7-9-16-10-14(5)17(13(3)4)15(6)11-16;1-12(2)6-5-7-14-8-10-15(11-9-14)13(3)4;1-11(2)5-6-13-7-9-14(10-8-13)12(3)4/h13-14H,7-12H2,1-6H3;6*12-15H,7-11H2,1-6H3;12-13H,5-11H2,1-4H3;11-12H,5-10H2,1-4H3/t;2*14-,15+;2*14-,15-;2*14-,15+;;/m.1010..../s1. The molecule has 0 saturated carbocycles. The van der Waals surface area contributed by atoms with Gasteiger partial charge in [0.1, 0.15) is 0 Å². The van der Waals surface area contributed by atoms with Gasteiger partial charge in [-0.05, 0) is 421 Å². The average molecular weight is 2090 g/mol. The number of hydrogen-bond acceptors (Lipinski definition) is 18. The summed E-state index contributed by atoms with van der Waals surface area (Å²) in [5.74, 6) is 7.60. The van der Waals surface area contributed by atoms with E-state index < -0.39 is 0 Å². The Bertz CT molecular complexity index is 2840. The van der Waals surface area contributed by atoms with Crippen LogP contribution < -0.4 is 0 Å². The van der Waals surface area contributed by atoms with Gasteiger partial charge in [-0.2, -0.15) is 0 Å². The molecule has 0 aromatic carbocycles. The van der Waals surface area contributed by atoms with Crippen molar-refractivity contribution in [3.8, 4) is 0 Å². The summed E-state index contributed by atoms with van der Waals surface area (Å²) in [4.78, 5) is 47.6. The van der Waals surface area contributed by atoms with E-state index in [4.69, 9.17) is 0 Å². The van der Waals surface area contributed by atoms with E-state index in [1.165, 1.54) is 319 Å². The van der Waals surface area contributed by atoms with Crippen LogP contribution in [-0.2, 0) is 0 Å². The average Bonchev–Trinajstić information content (AvgIpc) is 0.938. The second-order valence-electron chi connectivity index (χ2n) is 57.0. The largest absolute Gasteiger partial charge is 0.301 e. The molecule has 9 heterocycles. The van der Waals surface area contributed by atoms with Crippen molar-refractivity contribution in [1.29, 1.82) is 0 Å². The van der Waals surface area contributed by atoms with E-state index in [0.29, 0.717) is 96.0 Å². The van der Waals surface area contributed by atoms with Gasteiger partial charge in [-0.3, -0.25) is 68.6 Å². The summed E-state index contributed by atoms with van der Waals surface area (Å²) >= 11 is 0. The number of piperazine rings is 9. The van der Waals surface area contributed by atoms with E-state index in [9.17, 15) is 0 Å². The van der Waals surface area contributed by atoms with Crippen molar-refractivity contribution in [2.24, 2.45) is 58.7 Å². The van der Waals surface area contributed by atoms with Gasteiger partial charge in [0, 0.05) is 290 Å². The molecule has 0 aliphatic carbocycles. The maximum Gasteiger partial charge on any atom is 0.0200 e. The second-order valence-corrected chi connectivity index (χ2v) is 57.0. The van der Waals surface area contributed by atoms with Crippen LogP contribution in [0.1, 0.15) is 449 Å². The van der Waals surface area contributed by atoms with Gasteiger partial charge in [-0.1, -0.05) is 138 Å². The highest BCUT2D eigenvalue weighted by molar-refractivity contribution is 4.94. The summed E-state index contributed by atoms with van der Waals surface area (Å²) in [6.07, 6.45) is 21.8. The molecule has 0 radical (unpaired) electrons. The van der Waals surface area contributed by atoms with Crippen LogP contribution in [0, 0.1) is 58.7 Å². The molecule has 0 aromatic heterocycles. The topological polar surface area (TPSA) is 58.3 Å². The van der Waals surface area contributed by atoms with Crippen LogP contribution >= 0.6 is 0 Å². The Morgan fingerprint density at radius 3 is 0.642 bits per heavy atom. The lowest BCUT2D eigenvalue weighted by atomic mass is 9.83. The highest BCUT2D eigenvalue weighted by Gasteiger charge is 2.38. The predicted octanol–water partition coefficient (Wildman–Crippen LogP) is 26.9. The third-order valence-electron chi connectivity index (χ3n) is 34.5. The van der Waals surface area contributed by atoms with Crippen molar-refractivity contribution in [3.63, 3.8) is 0 Å². The fourth-order valence-electron chi connectivity index (χ4n) is 25.5. The Kier molecular flexibility index (Phi) is 77.1. The highest BCUT2D eigenvalue weighted by Crippen LogP contribution is 2.30. The van der Waals surface area contributed by atoms with Gasteiger partial charge in [0.2, 0.25) is 0 Å². The minimum absolute atomic E-state index is 0.466. The molecule has 9 aliphatic heterocycles. The van der Waals surface area contributed by atoms with Crippen molar-refractivity contribution in [1.82, 2.24) is 88.2 Å². The Morgan fingerprint density at radius 1 is 0.182 bits per heavy atom. The van der Waals surface area contributed by atoms with Crippen LogP contribution in [0.5, 0.6) is 0 Å². The van der Waals surface area contributed by atoms with Crippen LogP contribution in [0.25, 0.3) is 0 Å². The molecule has 0 aromatic rings. The maximum absolute atomic E-state index is 2.71. The lowest BCUT2D eigenvalue weighted by Crippen LogP contribution is -2.58. The molecule has 0 N–H and O–H groups in total. The van der Waals surface area contributed by atoms with Crippen LogP contribution in [0.3, 0.4) is 0 Å². The molecule has 9 fully saturated rings. The Morgan fingerprint density at radius 2 is 0.412 bits per heavy atom. The number of rotatable bonds is 44. The quantitative estimate of drug-likeness (QED) is 0.0581. The minimum Gasteiger partial charge on any atom is -0.301 e. The SMILES string of the molecule is CC(C)CC(C)(C)CN1CCN(C(C)C)CC1.CC(C)CCCN1CCN(C(C)C)CC1.CC(C)CCCN1C[C@@H](C)N(C(C)C)C[C@@H]1C.CC(C)CCCN1C[C@@H](C)N(C(C)C)C[C@H]1C.CC(C)CCCN1C[C@@H](C)N(C(C)C)[C@@H](C)C1.CC(C)CCCN1C[C@H](C)N(C(C)C)C[C@@H]1C.CC(C)CCCN1C[C@H](C)N(C(C)C)C[C@H]1C.CC(C)CCCN1[C@H](C)CN(C(C)C)C[C@@H]1C.CC(C)CCN1CCN(C(C)C)CC1. The van der Waals surface area contributed by atoms with Gasteiger partial charge in [-0.15, -0.1) is 0 Å². The summed E-state index contributed by atoms with van der Waals surface area (Å²) < 4.78 is 0. The van der Waals surface area contributed by atoms with Crippen molar-refractivity contribution in [3.05, 3.63) is 0 Å². The van der Waals surface area contributed by atoms with Gasteiger partial charge in [0.15, 0.2) is 0 Å². The molecule has 9 rings (SSSR count). The molecule has 148 heavy (non-hydrogen) atoms. The Labute approximate surface area is 932 Å². The van der Waals surface area contributed by atoms with Gasteiger partial charge >= 0.3 is 0 Å². The number of hydrogen-bond donors (Lipinski definition) is 0. The van der Waals surface area contributed by atoms with E-state index in [1.54, 1.807) is 0 Å². The number of nitrogens with zero attached hydrogens (tertiary/aromatic N) is 18. The van der Waals surface area contributed by atoms with Gasteiger partial charge in [0.25, 0.3) is 0 Å².